The monoisotopic (exact) mass is 153 g/mol. The molecule has 0 aromatic rings. The van der Waals surface area contributed by atoms with Crippen molar-refractivity contribution in [2.75, 3.05) is 7.05 Å². The summed E-state index contributed by atoms with van der Waals surface area (Å²) in [6.45, 7) is 13.0. The molecule has 3 unspecified atom stereocenters. The first kappa shape index (κ1) is 8.79. The highest BCUT2D eigenvalue weighted by atomic mass is 15.4. The molecule has 1 heterocycles. The molecule has 0 N–H and O–H groups in total. The van der Waals surface area contributed by atoms with Gasteiger partial charge in [0.15, 0.2) is 0 Å². The number of likely N-dealkylation sites (N-methyl/N-ethyl adjacent to an activating group) is 1. The summed E-state index contributed by atoms with van der Waals surface area (Å²) in [5.41, 5.74) is 0.552. The van der Waals surface area contributed by atoms with Crippen LogP contribution >= 0.6 is 0 Å². The van der Waals surface area contributed by atoms with Crippen molar-refractivity contribution in [2.45, 2.75) is 38.8 Å². The highest BCUT2D eigenvalue weighted by Crippen LogP contribution is 2.54. The van der Waals surface area contributed by atoms with E-state index in [1.54, 1.807) is 0 Å². The van der Waals surface area contributed by atoms with E-state index in [1.165, 1.54) is 0 Å². The summed E-state index contributed by atoms with van der Waals surface area (Å²) < 4.78 is 0. The van der Waals surface area contributed by atoms with Gasteiger partial charge in [-0.05, 0) is 26.8 Å². The van der Waals surface area contributed by atoms with Crippen molar-refractivity contribution in [3.05, 3.63) is 12.7 Å². The Morgan fingerprint density at radius 2 is 1.82 bits per heavy atom. The van der Waals surface area contributed by atoms with Crippen LogP contribution in [-0.2, 0) is 0 Å². The summed E-state index contributed by atoms with van der Waals surface area (Å²) in [5.74, 6) is 0.690. The van der Waals surface area contributed by atoms with E-state index >= 15 is 0 Å². The van der Waals surface area contributed by atoms with Crippen molar-refractivity contribution in [3.63, 3.8) is 0 Å². The normalized spacial score (nSPS) is 49.5. The first-order valence-electron chi connectivity index (χ1n) is 4.28. The fourth-order valence-corrected chi connectivity index (χ4v) is 2.17. The number of hydrogen-bond acceptors (Lipinski definition) is 1. The summed E-state index contributed by atoms with van der Waals surface area (Å²) in [6.07, 6.45) is 2.06. The van der Waals surface area contributed by atoms with Crippen molar-refractivity contribution in [1.82, 2.24) is 4.90 Å². The van der Waals surface area contributed by atoms with Gasteiger partial charge in [-0.1, -0.05) is 19.9 Å². The van der Waals surface area contributed by atoms with Gasteiger partial charge in [0.05, 0.1) is 5.54 Å². The Kier molecular flexibility index (Phi) is 1.68. The zero-order valence-electron chi connectivity index (χ0n) is 8.31. The van der Waals surface area contributed by atoms with Crippen LogP contribution < -0.4 is 0 Å². The van der Waals surface area contributed by atoms with Gasteiger partial charge in [-0.3, -0.25) is 4.90 Å². The van der Waals surface area contributed by atoms with Gasteiger partial charge in [0, 0.05) is 5.54 Å². The first-order chi connectivity index (χ1) is 4.91. The molecule has 0 spiro atoms. The smallest absolute Gasteiger partial charge is 0.0548 e. The average Bonchev–Trinajstić information content (AvgIpc) is 2.39. The second kappa shape index (κ2) is 2.10. The topological polar surface area (TPSA) is 3.01 Å². The van der Waals surface area contributed by atoms with Gasteiger partial charge in [0.25, 0.3) is 0 Å². The SMILES string of the molecule is C=CC1(C)N(C)C1(C)C(C)C. The summed E-state index contributed by atoms with van der Waals surface area (Å²) in [7, 11) is 2.17. The Labute approximate surface area is 70.1 Å². The molecule has 1 heteroatoms. The molecule has 0 amide bonds. The number of rotatable bonds is 2. The average molecular weight is 153 g/mol. The zero-order chi connectivity index (χ0) is 8.86. The second-order valence-electron chi connectivity index (χ2n) is 4.21. The van der Waals surface area contributed by atoms with Crippen molar-refractivity contribution in [3.8, 4) is 0 Å². The molecule has 64 valence electrons. The minimum atomic E-state index is 0.223. The molecule has 1 fully saturated rings. The molecule has 1 nitrogen and oxygen atoms in total. The molecule has 1 saturated heterocycles. The maximum atomic E-state index is 3.88. The third-order valence-electron chi connectivity index (χ3n) is 3.89. The van der Waals surface area contributed by atoms with Crippen LogP contribution in [0.3, 0.4) is 0 Å². The third kappa shape index (κ3) is 0.750. The standard InChI is InChI=1S/C10H19N/c1-7-9(4)10(5,8(2)3)11(9)6/h7-8H,1H2,2-6H3. The molecule has 0 aliphatic carbocycles. The van der Waals surface area contributed by atoms with E-state index in [2.05, 4.69) is 52.3 Å². The lowest BCUT2D eigenvalue weighted by Crippen LogP contribution is -2.24. The van der Waals surface area contributed by atoms with Crippen molar-refractivity contribution >= 4 is 0 Å². The van der Waals surface area contributed by atoms with Gasteiger partial charge in [-0.25, -0.2) is 0 Å². The van der Waals surface area contributed by atoms with E-state index in [4.69, 9.17) is 0 Å². The Hall–Kier alpha value is -0.300. The van der Waals surface area contributed by atoms with Crippen LogP contribution in [0.4, 0.5) is 0 Å². The molecule has 1 aliphatic rings. The Balaban J connectivity index is 2.88. The van der Waals surface area contributed by atoms with Gasteiger partial charge in [-0.2, -0.15) is 0 Å². The molecule has 0 aromatic carbocycles. The molecule has 1 aliphatic heterocycles. The van der Waals surface area contributed by atoms with E-state index in [1.807, 2.05) is 0 Å². The van der Waals surface area contributed by atoms with Gasteiger partial charge in [0.1, 0.15) is 0 Å². The quantitative estimate of drug-likeness (QED) is 0.434. The summed E-state index contributed by atoms with van der Waals surface area (Å²) in [6, 6.07) is 0. The van der Waals surface area contributed by atoms with Gasteiger partial charge < -0.3 is 0 Å². The maximum absolute atomic E-state index is 3.88. The molecular weight excluding hydrogens is 134 g/mol. The lowest BCUT2D eigenvalue weighted by atomic mass is 9.86. The number of hydrogen-bond donors (Lipinski definition) is 0. The van der Waals surface area contributed by atoms with Crippen LogP contribution in [0.1, 0.15) is 27.7 Å². The molecule has 0 radical (unpaired) electrons. The largest absolute Gasteiger partial charge is 0.288 e. The molecule has 0 bridgehead atoms. The van der Waals surface area contributed by atoms with Crippen molar-refractivity contribution in [2.24, 2.45) is 5.92 Å². The maximum Gasteiger partial charge on any atom is 0.0548 e. The fraction of sp³-hybridized carbons (Fsp3) is 0.800. The number of nitrogens with zero attached hydrogens (tertiary/aromatic N) is 1. The van der Waals surface area contributed by atoms with Crippen LogP contribution in [-0.4, -0.2) is 23.0 Å². The second-order valence-corrected chi connectivity index (χ2v) is 4.21. The predicted octanol–water partition coefficient (Wildman–Crippen LogP) is 2.29. The van der Waals surface area contributed by atoms with Crippen LogP contribution in [0.15, 0.2) is 12.7 Å². The molecule has 3 atom stereocenters. The van der Waals surface area contributed by atoms with Crippen LogP contribution in [0.2, 0.25) is 0 Å². The first-order valence-corrected chi connectivity index (χ1v) is 4.28. The molecular formula is C10H19N. The third-order valence-corrected chi connectivity index (χ3v) is 3.89. The van der Waals surface area contributed by atoms with Crippen LogP contribution in [0.5, 0.6) is 0 Å². The van der Waals surface area contributed by atoms with Crippen LogP contribution in [0.25, 0.3) is 0 Å². The zero-order valence-corrected chi connectivity index (χ0v) is 8.31. The lowest BCUT2D eigenvalue weighted by molar-refractivity contribution is 0.385. The molecule has 1 rings (SSSR count). The lowest BCUT2D eigenvalue weighted by Gasteiger charge is -2.16. The molecule has 0 saturated carbocycles. The Morgan fingerprint density at radius 1 is 1.36 bits per heavy atom. The van der Waals surface area contributed by atoms with Gasteiger partial charge >= 0.3 is 0 Å². The van der Waals surface area contributed by atoms with E-state index in [0.29, 0.717) is 11.5 Å². The highest BCUT2D eigenvalue weighted by molar-refractivity contribution is 5.31. The van der Waals surface area contributed by atoms with Crippen LogP contribution in [0, 0.1) is 5.92 Å². The Morgan fingerprint density at radius 3 is 1.91 bits per heavy atom. The van der Waals surface area contributed by atoms with Gasteiger partial charge in [-0.15, -0.1) is 6.58 Å². The van der Waals surface area contributed by atoms with E-state index in [9.17, 15) is 0 Å². The van der Waals surface area contributed by atoms with Crippen molar-refractivity contribution < 1.29 is 0 Å². The fourth-order valence-electron chi connectivity index (χ4n) is 2.17. The van der Waals surface area contributed by atoms with Gasteiger partial charge in [0.2, 0.25) is 0 Å². The Bertz CT molecular complexity index is 185. The van der Waals surface area contributed by atoms with E-state index < -0.39 is 0 Å². The molecule has 11 heavy (non-hydrogen) atoms. The van der Waals surface area contributed by atoms with E-state index in [-0.39, 0.29) is 5.54 Å². The molecule has 0 aromatic heterocycles. The minimum Gasteiger partial charge on any atom is -0.288 e. The highest BCUT2D eigenvalue weighted by Gasteiger charge is 2.66. The summed E-state index contributed by atoms with van der Waals surface area (Å²) >= 11 is 0. The predicted molar refractivity (Wildman–Crippen MR) is 49.6 cm³/mol. The van der Waals surface area contributed by atoms with E-state index in [0.717, 1.165) is 0 Å². The summed E-state index contributed by atoms with van der Waals surface area (Å²) in [4.78, 5) is 2.39. The minimum absolute atomic E-state index is 0.223. The summed E-state index contributed by atoms with van der Waals surface area (Å²) in [5, 5.41) is 0. The van der Waals surface area contributed by atoms with Crippen molar-refractivity contribution in [1.29, 1.82) is 0 Å².